The maximum atomic E-state index is 11.3. The highest BCUT2D eigenvalue weighted by molar-refractivity contribution is 7.75. The van der Waals surface area contributed by atoms with Crippen molar-refractivity contribution in [1.29, 1.82) is 0 Å². The average molecular weight is 377 g/mol. The van der Waals surface area contributed by atoms with Crippen molar-refractivity contribution in [3.8, 4) is 0 Å². The topological polar surface area (TPSA) is 35.5 Å². The van der Waals surface area contributed by atoms with E-state index in [0.717, 1.165) is 12.8 Å². The molecule has 152 valence electrons. The first-order valence-electron chi connectivity index (χ1n) is 10.9. The van der Waals surface area contributed by atoms with Gasteiger partial charge in [-0.25, -0.2) is 0 Å². The Balaban J connectivity index is 3.06. The van der Waals surface area contributed by atoms with Gasteiger partial charge in [0.1, 0.15) is 0 Å². The average Bonchev–Trinajstić information content (AvgIpc) is 2.57. The van der Waals surface area contributed by atoms with E-state index in [1.807, 2.05) is 13.8 Å². The van der Waals surface area contributed by atoms with Crippen LogP contribution in [-0.4, -0.2) is 16.9 Å². The van der Waals surface area contributed by atoms with Crippen molar-refractivity contribution in [3.63, 3.8) is 0 Å². The van der Waals surface area contributed by atoms with Gasteiger partial charge in [-0.3, -0.25) is 8.37 Å². The molecule has 4 heteroatoms. The van der Waals surface area contributed by atoms with Crippen LogP contribution in [0.2, 0.25) is 0 Å². The van der Waals surface area contributed by atoms with Crippen molar-refractivity contribution < 1.29 is 12.6 Å². The van der Waals surface area contributed by atoms with Gasteiger partial charge in [0.25, 0.3) is 0 Å². The van der Waals surface area contributed by atoms with Crippen molar-refractivity contribution >= 4 is 11.4 Å². The molecule has 0 spiro atoms. The van der Waals surface area contributed by atoms with Crippen LogP contribution in [0.4, 0.5) is 0 Å². The number of hydrogen-bond acceptors (Lipinski definition) is 3. The summed E-state index contributed by atoms with van der Waals surface area (Å²) in [5.74, 6) is 0. The van der Waals surface area contributed by atoms with Crippen molar-refractivity contribution in [2.24, 2.45) is 0 Å². The van der Waals surface area contributed by atoms with Crippen LogP contribution in [0.25, 0.3) is 0 Å². The Hall–Kier alpha value is 0.0700. The lowest BCUT2D eigenvalue weighted by Crippen LogP contribution is -2.09. The Labute approximate surface area is 160 Å². The van der Waals surface area contributed by atoms with Gasteiger partial charge in [-0.2, -0.15) is 4.21 Å². The normalized spacial score (nSPS) is 12.8. The summed E-state index contributed by atoms with van der Waals surface area (Å²) in [7, 11) is 0. The van der Waals surface area contributed by atoms with Crippen molar-refractivity contribution in [2.75, 3.05) is 6.61 Å². The van der Waals surface area contributed by atoms with Crippen LogP contribution in [0, 0.1) is 0 Å². The zero-order valence-corrected chi connectivity index (χ0v) is 18.0. The molecule has 0 aliphatic heterocycles. The van der Waals surface area contributed by atoms with E-state index in [-0.39, 0.29) is 6.10 Å². The fourth-order valence-electron chi connectivity index (χ4n) is 2.96. The summed E-state index contributed by atoms with van der Waals surface area (Å²) in [6.45, 7) is 6.53. The lowest BCUT2D eigenvalue weighted by Gasteiger charge is -2.06. The molecular weight excluding hydrogens is 332 g/mol. The van der Waals surface area contributed by atoms with E-state index >= 15 is 0 Å². The fraction of sp³-hybridized carbons (Fsp3) is 1.00. The van der Waals surface area contributed by atoms with Gasteiger partial charge < -0.3 is 0 Å². The first-order valence-corrected chi connectivity index (χ1v) is 11.9. The van der Waals surface area contributed by atoms with Crippen molar-refractivity contribution in [1.82, 2.24) is 0 Å². The number of unbranched alkanes of at least 4 members (excludes halogenated alkanes) is 15. The van der Waals surface area contributed by atoms with E-state index in [1.165, 1.54) is 89.9 Å². The second-order valence-corrected chi connectivity index (χ2v) is 8.31. The standard InChI is InChI=1S/C21H44O3S/c1-4-5-6-7-8-9-10-11-12-13-14-15-16-17-18-19-20-23-25(22)24-21(2)3/h21H,4-20H2,1-3H3. The van der Waals surface area contributed by atoms with Crippen LogP contribution in [-0.2, 0) is 19.7 Å². The van der Waals surface area contributed by atoms with E-state index in [4.69, 9.17) is 8.37 Å². The molecule has 0 aliphatic rings. The Morgan fingerprint density at radius 3 is 1.36 bits per heavy atom. The Bertz CT molecular complexity index is 282. The minimum atomic E-state index is -1.57. The smallest absolute Gasteiger partial charge is 0.268 e. The summed E-state index contributed by atoms with van der Waals surface area (Å²) in [5.41, 5.74) is 0. The molecule has 0 heterocycles. The first kappa shape index (κ1) is 25.1. The van der Waals surface area contributed by atoms with Gasteiger partial charge in [0.2, 0.25) is 0 Å². The molecule has 0 aromatic rings. The summed E-state index contributed by atoms with van der Waals surface area (Å²) in [4.78, 5) is 0. The molecule has 0 fully saturated rings. The van der Waals surface area contributed by atoms with Gasteiger partial charge >= 0.3 is 11.4 Å². The molecule has 1 unspecified atom stereocenters. The molecule has 0 N–H and O–H groups in total. The van der Waals surface area contributed by atoms with Crippen LogP contribution >= 0.6 is 0 Å². The van der Waals surface area contributed by atoms with Crippen LogP contribution < -0.4 is 0 Å². The maximum Gasteiger partial charge on any atom is 0.304 e. The SMILES string of the molecule is CCCCCCCCCCCCCCCCCCOS(=O)OC(C)C. The molecule has 0 amide bonds. The predicted octanol–water partition coefficient (Wildman–Crippen LogP) is 7.27. The summed E-state index contributed by atoms with van der Waals surface area (Å²) in [5, 5.41) is 0. The molecule has 0 radical (unpaired) electrons. The predicted molar refractivity (Wildman–Crippen MR) is 110 cm³/mol. The van der Waals surface area contributed by atoms with E-state index in [1.54, 1.807) is 0 Å². The molecule has 25 heavy (non-hydrogen) atoms. The Morgan fingerprint density at radius 2 is 1.00 bits per heavy atom. The lowest BCUT2D eigenvalue weighted by molar-refractivity contribution is 0.205. The maximum absolute atomic E-state index is 11.3. The minimum Gasteiger partial charge on any atom is -0.268 e. The third-order valence-electron chi connectivity index (χ3n) is 4.45. The fourth-order valence-corrected chi connectivity index (χ4v) is 3.59. The number of hydrogen-bond donors (Lipinski definition) is 0. The van der Waals surface area contributed by atoms with Gasteiger partial charge in [-0.15, -0.1) is 0 Å². The summed E-state index contributed by atoms with van der Waals surface area (Å²) < 4.78 is 21.4. The van der Waals surface area contributed by atoms with E-state index < -0.39 is 11.4 Å². The molecular formula is C21H44O3S. The van der Waals surface area contributed by atoms with Gasteiger partial charge in [0.05, 0.1) is 12.7 Å². The molecule has 0 bridgehead atoms. The van der Waals surface area contributed by atoms with E-state index in [0.29, 0.717) is 6.61 Å². The highest BCUT2D eigenvalue weighted by Gasteiger charge is 2.03. The molecule has 0 saturated carbocycles. The third kappa shape index (κ3) is 22.0. The monoisotopic (exact) mass is 376 g/mol. The quantitative estimate of drug-likeness (QED) is 0.210. The zero-order valence-electron chi connectivity index (χ0n) is 17.2. The molecule has 0 aliphatic carbocycles. The van der Waals surface area contributed by atoms with Crippen LogP contribution in [0.1, 0.15) is 124 Å². The van der Waals surface area contributed by atoms with Crippen molar-refractivity contribution in [3.05, 3.63) is 0 Å². The molecule has 1 atom stereocenters. The van der Waals surface area contributed by atoms with Crippen LogP contribution in [0.5, 0.6) is 0 Å². The second-order valence-electron chi connectivity index (χ2n) is 7.47. The molecule has 3 nitrogen and oxygen atoms in total. The lowest BCUT2D eigenvalue weighted by atomic mass is 10.0. The summed E-state index contributed by atoms with van der Waals surface area (Å²) in [6, 6.07) is 0. The molecule has 0 saturated heterocycles. The highest BCUT2D eigenvalue weighted by Crippen LogP contribution is 2.13. The van der Waals surface area contributed by atoms with E-state index in [2.05, 4.69) is 6.92 Å². The zero-order chi connectivity index (χ0) is 18.6. The second kappa shape index (κ2) is 20.4. The first-order chi connectivity index (χ1) is 12.2. The third-order valence-corrected chi connectivity index (χ3v) is 5.35. The van der Waals surface area contributed by atoms with Gasteiger partial charge in [-0.1, -0.05) is 103 Å². The Morgan fingerprint density at radius 1 is 0.640 bits per heavy atom. The van der Waals surface area contributed by atoms with Gasteiger partial charge in [0, 0.05) is 0 Å². The highest BCUT2D eigenvalue weighted by atomic mass is 32.2. The van der Waals surface area contributed by atoms with Crippen molar-refractivity contribution in [2.45, 2.75) is 130 Å². The van der Waals surface area contributed by atoms with E-state index in [9.17, 15) is 4.21 Å². The molecule has 0 aromatic carbocycles. The van der Waals surface area contributed by atoms with Crippen LogP contribution in [0.15, 0.2) is 0 Å². The summed E-state index contributed by atoms with van der Waals surface area (Å²) in [6.07, 6.45) is 21.7. The molecule has 0 rings (SSSR count). The van der Waals surface area contributed by atoms with Gasteiger partial charge in [0.15, 0.2) is 0 Å². The largest absolute Gasteiger partial charge is 0.304 e. The summed E-state index contributed by atoms with van der Waals surface area (Å²) >= 11 is -1.57. The minimum absolute atomic E-state index is 0.0494. The Kier molecular flexibility index (Phi) is 20.4. The number of rotatable bonds is 20. The molecule has 0 aromatic heterocycles. The van der Waals surface area contributed by atoms with Crippen LogP contribution in [0.3, 0.4) is 0 Å². The van der Waals surface area contributed by atoms with Gasteiger partial charge in [-0.05, 0) is 20.3 Å².